The Hall–Kier alpha value is -1.82. The van der Waals surface area contributed by atoms with Gasteiger partial charge in [-0.2, -0.15) is 0 Å². The summed E-state index contributed by atoms with van der Waals surface area (Å²) in [7, 11) is -3.75. The van der Waals surface area contributed by atoms with Gasteiger partial charge in [-0.25, -0.2) is 13.2 Å². The molecule has 0 unspecified atom stereocenters. The number of carboxylic acid groups (broad SMARTS) is 1. The van der Waals surface area contributed by atoms with Crippen LogP contribution in [0.15, 0.2) is 40.4 Å². The standard InChI is InChI=1S/C14H19NO4S/c1-4-12(14(16)17)13(5-2)15-20(18,19)11-8-6-10(3)7-9-11/h6-9,15H,4-5H2,1-3H3,(H,16,17). The summed E-state index contributed by atoms with van der Waals surface area (Å²) in [6.45, 7) is 5.26. The number of allylic oxidation sites excluding steroid dienone is 1. The first-order chi connectivity index (χ1) is 9.31. The van der Waals surface area contributed by atoms with Crippen molar-refractivity contribution in [3.63, 3.8) is 0 Å². The molecule has 1 rings (SSSR count). The molecule has 0 saturated carbocycles. The molecule has 0 fully saturated rings. The van der Waals surface area contributed by atoms with Crippen molar-refractivity contribution in [1.29, 1.82) is 0 Å². The summed E-state index contributed by atoms with van der Waals surface area (Å²) in [5.41, 5.74) is 1.26. The maximum absolute atomic E-state index is 12.2. The van der Waals surface area contributed by atoms with Crippen LogP contribution in [0, 0.1) is 6.92 Å². The quantitative estimate of drug-likeness (QED) is 0.790. The van der Waals surface area contributed by atoms with Crippen molar-refractivity contribution in [1.82, 2.24) is 4.72 Å². The van der Waals surface area contributed by atoms with Crippen molar-refractivity contribution in [2.45, 2.75) is 38.5 Å². The van der Waals surface area contributed by atoms with Crippen LogP contribution in [0.25, 0.3) is 0 Å². The van der Waals surface area contributed by atoms with E-state index in [1.807, 2.05) is 6.92 Å². The van der Waals surface area contributed by atoms with Gasteiger partial charge in [-0.05, 0) is 31.9 Å². The Morgan fingerprint density at radius 1 is 1.15 bits per heavy atom. The monoisotopic (exact) mass is 297 g/mol. The summed E-state index contributed by atoms with van der Waals surface area (Å²) < 4.78 is 26.8. The second-order valence-corrected chi connectivity index (χ2v) is 6.07. The Bertz CT molecular complexity index is 615. The van der Waals surface area contributed by atoms with Gasteiger partial charge in [-0.1, -0.05) is 31.5 Å². The van der Waals surface area contributed by atoms with Crippen LogP contribution in [0.4, 0.5) is 0 Å². The average Bonchev–Trinajstić information content (AvgIpc) is 2.38. The number of carbonyl (C=O) groups is 1. The molecule has 1 aromatic rings. The van der Waals surface area contributed by atoms with E-state index in [4.69, 9.17) is 5.11 Å². The van der Waals surface area contributed by atoms with E-state index in [0.29, 0.717) is 6.42 Å². The highest BCUT2D eigenvalue weighted by Crippen LogP contribution is 2.16. The van der Waals surface area contributed by atoms with Crippen molar-refractivity contribution >= 4 is 16.0 Å². The van der Waals surface area contributed by atoms with Gasteiger partial charge in [0.15, 0.2) is 0 Å². The number of hydrogen-bond acceptors (Lipinski definition) is 3. The normalized spacial score (nSPS) is 12.8. The summed E-state index contributed by atoms with van der Waals surface area (Å²) in [5.74, 6) is -1.10. The first-order valence-electron chi connectivity index (χ1n) is 6.36. The van der Waals surface area contributed by atoms with Crippen molar-refractivity contribution < 1.29 is 18.3 Å². The number of aryl methyl sites for hydroxylation is 1. The van der Waals surface area contributed by atoms with Crippen LogP contribution in [-0.2, 0) is 14.8 Å². The van der Waals surface area contributed by atoms with Crippen LogP contribution in [0.5, 0.6) is 0 Å². The van der Waals surface area contributed by atoms with Crippen LogP contribution in [0.2, 0.25) is 0 Å². The molecule has 0 saturated heterocycles. The van der Waals surface area contributed by atoms with Gasteiger partial charge < -0.3 is 5.11 Å². The molecule has 20 heavy (non-hydrogen) atoms. The highest BCUT2D eigenvalue weighted by Gasteiger charge is 2.19. The van der Waals surface area contributed by atoms with E-state index in [1.165, 1.54) is 12.1 Å². The van der Waals surface area contributed by atoms with Crippen LogP contribution >= 0.6 is 0 Å². The van der Waals surface area contributed by atoms with E-state index in [9.17, 15) is 13.2 Å². The fraction of sp³-hybridized carbons (Fsp3) is 0.357. The van der Waals surface area contributed by atoms with E-state index in [1.54, 1.807) is 26.0 Å². The van der Waals surface area contributed by atoms with Crippen molar-refractivity contribution in [2.75, 3.05) is 0 Å². The number of rotatable bonds is 6. The van der Waals surface area contributed by atoms with Crippen molar-refractivity contribution in [2.24, 2.45) is 0 Å². The predicted octanol–water partition coefficient (Wildman–Crippen LogP) is 2.43. The van der Waals surface area contributed by atoms with Crippen molar-refractivity contribution in [3.05, 3.63) is 41.1 Å². The first-order valence-corrected chi connectivity index (χ1v) is 7.85. The Morgan fingerprint density at radius 3 is 2.10 bits per heavy atom. The van der Waals surface area contributed by atoms with Crippen LogP contribution in [-0.4, -0.2) is 19.5 Å². The molecule has 110 valence electrons. The molecule has 0 spiro atoms. The van der Waals surface area contributed by atoms with E-state index in [0.717, 1.165) is 5.56 Å². The lowest BCUT2D eigenvalue weighted by atomic mass is 10.1. The van der Waals surface area contributed by atoms with Gasteiger partial charge in [0.1, 0.15) is 0 Å². The van der Waals surface area contributed by atoms with E-state index in [2.05, 4.69) is 4.72 Å². The summed E-state index contributed by atoms with van der Waals surface area (Å²) in [6, 6.07) is 6.39. The SMILES string of the molecule is CCC(NS(=O)(=O)c1ccc(C)cc1)=C(CC)C(=O)O. The van der Waals surface area contributed by atoms with Gasteiger partial charge >= 0.3 is 5.97 Å². The van der Waals surface area contributed by atoms with E-state index in [-0.39, 0.29) is 22.6 Å². The molecule has 0 aliphatic carbocycles. The summed E-state index contributed by atoms with van der Waals surface area (Å²) in [5, 5.41) is 9.09. The minimum absolute atomic E-state index is 0.0863. The third-order valence-corrected chi connectivity index (χ3v) is 4.33. The zero-order valence-corrected chi connectivity index (χ0v) is 12.6. The molecule has 0 radical (unpaired) electrons. The molecule has 6 heteroatoms. The first kappa shape index (κ1) is 16.2. The largest absolute Gasteiger partial charge is 0.478 e. The summed E-state index contributed by atoms with van der Waals surface area (Å²) in [6.07, 6.45) is 0.565. The minimum atomic E-state index is -3.75. The molecule has 2 N–H and O–H groups in total. The van der Waals surface area contributed by atoms with Gasteiger partial charge in [0, 0.05) is 5.70 Å². The molecule has 0 atom stereocenters. The Labute approximate surface area is 119 Å². The number of hydrogen-bond donors (Lipinski definition) is 2. The van der Waals surface area contributed by atoms with Gasteiger partial charge in [-0.3, -0.25) is 4.72 Å². The van der Waals surface area contributed by atoms with Crippen molar-refractivity contribution in [3.8, 4) is 0 Å². The zero-order valence-electron chi connectivity index (χ0n) is 11.8. The smallest absolute Gasteiger partial charge is 0.333 e. The maximum Gasteiger partial charge on any atom is 0.333 e. The number of aliphatic carboxylic acids is 1. The lowest BCUT2D eigenvalue weighted by molar-refractivity contribution is -0.132. The molecule has 0 aliphatic rings. The lowest BCUT2D eigenvalue weighted by Crippen LogP contribution is -2.25. The third-order valence-electron chi connectivity index (χ3n) is 2.92. The fourth-order valence-corrected chi connectivity index (χ4v) is 2.98. The number of sulfonamides is 1. The Kier molecular flexibility index (Phi) is 5.33. The van der Waals surface area contributed by atoms with Gasteiger partial charge in [-0.15, -0.1) is 0 Å². The highest BCUT2D eigenvalue weighted by molar-refractivity contribution is 7.89. The van der Waals surface area contributed by atoms with Crippen LogP contribution < -0.4 is 4.72 Å². The number of benzene rings is 1. The molecular weight excluding hydrogens is 278 g/mol. The molecular formula is C14H19NO4S. The number of nitrogens with one attached hydrogen (secondary N) is 1. The van der Waals surface area contributed by atoms with Gasteiger partial charge in [0.25, 0.3) is 10.0 Å². The Balaban J connectivity index is 3.17. The molecule has 1 aromatic carbocycles. The maximum atomic E-state index is 12.2. The Morgan fingerprint density at radius 2 is 1.70 bits per heavy atom. The fourth-order valence-electron chi connectivity index (χ4n) is 1.78. The average molecular weight is 297 g/mol. The molecule has 0 bridgehead atoms. The second-order valence-electron chi connectivity index (χ2n) is 4.39. The predicted molar refractivity (Wildman–Crippen MR) is 76.7 cm³/mol. The lowest BCUT2D eigenvalue weighted by Gasteiger charge is -2.13. The second kappa shape index (κ2) is 6.56. The van der Waals surface area contributed by atoms with Gasteiger partial charge in [0.2, 0.25) is 0 Å². The minimum Gasteiger partial charge on any atom is -0.478 e. The summed E-state index contributed by atoms with van der Waals surface area (Å²) in [4.78, 5) is 11.2. The van der Waals surface area contributed by atoms with E-state index >= 15 is 0 Å². The highest BCUT2D eigenvalue weighted by atomic mass is 32.2. The van der Waals surface area contributed by atoms with E-state index < -0.39 is 16.0 Å². The molecule has 0 aromatic heterocycles. The third kappa shape index (κ3) is 3.84. The molecule has 5 nitrogen and oxygen atoms in total. The summed E-state index contributed by atoms with van der Waals surface area (Å²) >= 11 is 0. The van der Waals surface area contributed by atoms with Crippen LogP contribution in [0.1, 0.15) is 32.3 Å². The van der Waals surface area contributed by atoms with Crippen LogP contribution in [0.3, 0.4) is 0 Å². The molecule has 0 heterocycles. The molecule has 0 aliphatic heterocycles. The zero-order chi connectivity index (χ0) is 15.3. The van der Waals surface area contributed by atoms with Gasteiger partial charge in [0.05, 0.1) is 10.5 Å². The number of carboxylic acids is 1. The molecule has 0 amide bonds. The topological polar surface area (TPSA) is 83.5 Å².